The molecule has 2 rings (SSSR count). The van der Waals surface area contributed by atoms with E-state index in [0.29, 0.717) is 29.5 Å². The summed E-state index contributed by atoms with van der Waals surface area (Å²) in [4.78, 5) is 25.5. The smallest absolute Gasteiger partial charge is 0.251 e. The second kappa shape index (κ2) is 14.1. The molecule has 1 aromatic carbocycles. The highest BCUT2D eigenvalue weighted by atomic mass is 32.2. The molecule has 0 aliphatic carbocycles. The Hall–Kier alpha value is -2.12. The Balaban J connectivity index is 1.93. The Morgan fingerprint density at radius 3 is 2.66 bits per heavy atom. The molecule has 1 amide bonds. The third kappa shape index (κ3) is 9.57. The zero-order valence-electron chi connectivity index (χ0n) is 19.2. The van der Waals surface area contributed by atoms with Crippen molar-refractivity contribution in [2.24, 2.45) is 5.92 Å². The van der Waals surface area contributed by atoms with E-state index in [1.54, 1.807) is 24.1 Å². The SMILES string of the molecule is CCCCC(NCC(CC(C)C)NC(=O)c1cccc(F)c1)C(=O)CSCc1ccco1. The molecular formula is C25H35FN2O3S. The average molecular weight is 463 g/mol. The number of nitrogens with one attached hydrogen (secondary N) is 2. The summed E-state index contributed by atoms with van der Waals surface area (Å²) >= 11 is 1.55. The van der Waals surface area contributed by atoms with E-state index in [2.05, 4.69) is 31.4 Å². The molecule has 0 saturated heterocycles. The molecule has 0 fully saturated rings. The second-order valence-corrected chi connectivity index (χ2v) is 9.44. The number of hydrogen-bond acceptors (Lipinski definition) is 5. The molecule has 0 radical (unpaired) electrons. The molecular weight excluding hydrogens is 427 g/mol. The lowest BCUT2D eigenvalue weighted by molar-refractivity contribution is -0.118. The summed E-state index contributed by atoms with van der Waals surface area (Å²) in [5.74, 6) is 1.72. The van der Waals surface area contributed by atoms with Crippen LogP contribution in [0.1, 0.15) is 62.6 Å². The lowest BCUT2D eigenvalue weighted by Gasteiger charge is -2.25. The molecule has 1 aromatic heterocycles. The minimum absolute atomic E-state index is 0.154. The molecule has 2 aromatic rings. The molecule has 7 heteroatoms. The normalized spacial score (nSPS) is 13.2. The van der Waals surface area contributed by atoms with Gasteiger partial charge in [-0.2, -0.15) is 0 Å². The van der Waals surface area contributed by atoms with Crippen LogP contribution in [-0.4, -0.2) is 36.1 Å². The summed E-state index contributed by atoms with van der Waals surface area (Å²) in [7, 11) is 0. The van der Waals surface area contributed by atoms with Gasteiger partial charge in [-0.25, -0.2) is 4.39 Å². The summed E-state index contributed by atoms with van der Waals surface area (Å²) in [6.45, 7) is 6.77. The number of hydrogen-bond donors (Lipinski definition) is 2. The van der Waals surface area contributed by atoms with Crippen LogP contribution < -0.4 is 10.6 Å². The van der Waals surface area contributed by atoms with Crippen molar-refractivity contribution in [1.82, 2.24) is 10.6 Å². The van der Waals surface area contributed by atoms with E-state index in [1.165, 1.54) is 18.2 Å². The zero-order valence-corrected chi connectivity index (χ0v) is 20.1. The van der Waals surface area contributed by atoms with Crippen LogP contribution in [0.15, 0.2) is 47.1 Å². The third-order valence-corrected chi connectivity index (χ3v) is 6.07. The Morgan fingerprint density at radius 1 is 1.19 bits per heavy atom. The predicted octanol–water partition coefficient (Wildman–Crippen LogP) is 5.21. The minimum atomic E-state index is -0.437. The highest BCUT2D eigenvalue weighted by Crippen LogP contribution is 2.15. The van der Waals surface area contributed by atoms with E-state index in [1.807, 2.05) is 12.1 Å². The number of amides is 1. The van der Waals surface area contributed by atoms with E-state index >= 15 is 0 Å². The number of carbonyl (C=O) groups excluding carboxylic acids is 2. The van der Waals surface area contributed by atoms with E-state index in [0.717, 1.165) is 31.4 Å². The molecule has 2 N–H and O–H groups in total. The second-order valence-electron chi connectivity index (χ2n) is 8.45. The summed E-state index contributed by atoms with van der Waals surface area (Å²) in [6.07, 6.45) is 5.13. The lowest BCUT2D eigenvalue weighted by atomic mass is 10.0. The van der Waals surface area contributed by atoms with Gasteiger partial charge >= 0.3 is 0 Å². The number of benzene rings is 1. The Labute approximate surface area is 194 Å². The van der Waals surface area contributed by atoms with Gasteiger partial charge in [0.25, 0.3) is 5.91 Å². The first kappa shape index (κ1) is 26.1. The largest absolute Gasteiger partial charge is 0.468 e. The van der Waals surface area contributed by atoms with Gasteiger partial charge in [-0.05, 0) is 49.1 Å². The van der Waals surface area contributed by atoms with E-state index in [-0.39, 0.29) is 23.8 Å². The van der Waals surface area contributed by atoms with Crippen molar-refractivity contribution in [1.29, 1.82) is 0 Å². The standard InChI is InChI=1S/C25H35FN2O3S/c1-4-5-11-23(24(29)17-32-16-22-10-7-12-31-22)27-15-21(13-18(2)3)28-25(30)19-8-6-9-20(26)14-19/h6-10,12,14,18,21,23,27H,4-5,11,13,15-17H2,1-3H3,(H,28,30). The Kier molecular flexibility index (Phi) is 11.5. The van der Waals surface area contributed by atoms with Crippen LogP contribution >= 0.6 is 11.8 Å². The van der Waals surface area contributed by atoms with Gasteiger partial charge in [-0.1, -0.05) is 39.7 Å². The fourth-order valence-electron chi connectivity index (χ4n) is 3.48. The molecule has 1 heterocycles. The van der Waals surface area contributed by atoms with Crippen molar-refractivity contribution in [2.45, 2.75) is 64.3 Å². The third-order valence-electron chi connectivity index (χ3n) is 5.09. The van der Waals surface area contributed by atoms with Gasteiger partial charge in [-0.3, -0.25) is 9.59 Å². The molecule has 0 saturated carbocycles. The first-order valence-corrected chi connectivity index (χ1v) is 12.5. The van der Waals surface area contributed by atoms with E-state index in [9.17, 15) is 14.0 Å². The number of thioether (sulfide) groups is 1. The van der Waals surface area contributed by atoms with E-state index < -0.39 is 5.82 Å². The fourth-order valence-corrected chi connectivity index (χ4v) is 4.35. The van der Waals surface area contributed by atoms with Gasteiger partial charge in [0.1, 0.15) is 11.6 Å². The van der Waals surface area contributed by atoms with Gasteiger partial charge in [-0.15, -0.1) is 11.8 Å². The van der Waals surface area contributed by atoms with Gasteiger partial charge in [0.2, 0.25) is 0 Å². The van der Waals surface area contributed by atoms with Gasteiger partial charge < -0.3 is 15.1 Å². The molecule has 0 spiro atoms. The van der Waals surface area contributed by atoms with Gasteiger partial charge in [0, 0.05) is 18.2 Å². The van der Waals surface area contributed by atoms with Crippen LogP contribution in [0, 0.1) is 11.7 Å². The predicted molar refractivity (Wildman–Crippen MR) is 128 cm³/mol. The average Bonchev–Trinajstić information content (AvgIpc) is 3.26. The number of Topliss-reactive ketones (excluding diaryl/α,β-unsaturated/α-hetero) is 1. The quantitative estimate of drug-likeness (QED) is 0.380. The number of carbonyl (C=O) groups is 2. The molecule has 0 bridgehead atoms. The molecule has 2 unspecified atom stereocenters. The van der Waals surface area contributed by atoms with Crippen LogP contribution in [0.5, 0.6) is 0 Å². The lowest BCUT2D eigenvalue weighted by Crippen LogP contribution is -2.48. The Bertz CT molecular complexity index is 826. The summed E-state index contributed by atoms with van der Waals surface area (Å²) in [5.41, 5.74) is 0.298. The molecule has 5 nitrogen and oxygen atoms in total. The van der Waals surface area contributed by atoms with Crippen molar-refractivity contribution in [3.8, 4) is 0 Å². The van der Waals surface area contributed by atoms with Crippen LogP contribution in [0.4, 0.5) is 4.39 Å². The van der Waals surface area contributed by atoms with Crippen LogP contribution in [-0.2, 0) is 10.5 Å². The molecule has 0 aliphatic rings. The van der Waals surface area contributed by atoms with Crippen molar-refractivity contribution in [3.63, 3.8) is 0 Å². The fraction of sp³-hybridized carbons (Fsp3) is 0.520. The number of ketones is 1. The first-order valence-electron chi connectivity index (χ1n) is 11.3. The van der Waals surface area contributed by atoms with Crippen molar-refractivity contribution < 1.29 is 18.4 Å². The number of halogens is 1. The maximum absolute atomic E-state index is 13.5. The van der Waals surface area contributed by atoms with Gasteiger partial charge in [0.05, 0.1) is 23.8 Å². The molecule has 0 aliphatic heterocycles. The van der Waals surface area contributed by atoms with Crippen LogP contribution in [0.2, 0.25) is 0 Å². The summed E-state index contributed by atoms with van der Waals surface area (Å²) in [6, 6.07) is 9.02. The maximum atomic E-state index is 13.5. The van der Waals surface area contributed by atoms with Gasteiger partial charge in [0.15, 0.2) is 5.78 Å². The van der Waals surface area contributed by atoms with Crippen LogP contribution in [0.3, 0.4) is 0 Å². The zero-order chi connectivity index (χ0) is 23.3. The number of furan rings is 1. The molecule has 32 heavy (non-hydrogen) atoms. The minimum Gasteiger partial charge on any atom is -0.468 e. The number of unbranched alkanes of at least 4 members (excludes halogenated alkanes) is 1. The topological polar surface area (TPSA) is 71.3 Å². The summed E-state index contributed by atoms with van der Waals surface area (Å²) < 4.78 is 18.8. The highest BCUT2D eigenvalue weighted by molar-refractivity contribution is 7.99. The Morgan fingerprint density at radius 2 is 2.00 bits per heavy atom. The van der Waals surface area contributed by atoms with Crippen molar-refractivity contribution >= 4 is 23.5 Å². The van der Waals surface area contributed by atoms with E-state index in [4.69, 9.17) is 4.42 Å². The first-order chi connectivity index (χ1) is 15.4. The monoisotopic (exact) mass is 462 g/mol. The summed E-state index contributed by atoms with van der Waals surface area (Å²) in [5, 5.41) is 6.40. The van der Waals surface area contributed by atoms with Crippen LogP contribution in [0.25, 0.3) is 0 Å². The maximum Gasteiger partial charge on any atom is 0.251 e. The van der Waals surface area contributed by atoms with Crippen molar-refractivity contribution in [3.05, 3.63) is 59.8 Å². The number of rotatable bonds is 15. The molecule has 2 atom stereocenters. The van der Waals surface area contributed by atoms with Crippen molar-refractivity contribution in [2.75, 3.05) is 12.3 Å². The highest BCUT2D eigenvalue weighted by Gasteiger charge is 2.21. The molecule has 176 valence electrons.